The van der Waals surface area contributed by atoms with Crippen LogP contribution in [0.4, 0.5) is 5.69 Å². The third-order valence-electron chi connectivity index (χ3n) is 2.87. The average molecular weight is 277 g/mol. The highest BCUT2D eigenvalue weighted by Gasteiger charge is 2.26. The molecule has 4 nitrogen and oxygen atoms in total. The Hall–Kier alpha value is -0.840. The van der Waals surface area contributed by atoms with E-state index in [-0.39, 0.29) is 24.1 Å². The van der Waals surface area contributed by atoms with Crippen LogP contribution in [0, 0.1) is 16.0 Å². The second kappa shape index (κ2) is 5.67. The third-order valence-corrected chi connectivity index (χ3v) is 3.22. The van der Waals surface area contributed by atoms with E-state index in [1.165, 1.54) is 25.0 Å². The van der Waals surface area contributed by atoms with Gasteiger partial charge in [-0.2, -0.15) is 0 Å². The second-order valence-electron chi connectivity index (χ2n) is 4.25. The van der Waals surface area contributed by atoms with E-state index >= 15 is 0 Å². The van der Waals surface area contributed by atoms with Gasteiger partial charge >= 0.3 is 0 Å². The number of hydrogen-bond donors (Lipinski definition) is 1. The maximum absolute atomic E-state index is 10.6. The van der Waals surface area contributed by atoms with Crippen LogP contribution in [-0.2, 0) is 0 Å². The van der Waals surface area contributed by atoms with E-state index in [9.17, 15) is 10.1 Å². The SMILES string of the molecule is Cl.N[C@@H](CC1CC1)c1cc([N+](=O)[O-])ccc1Cl. The Morgan fingerprint density at radius 3 is 2.71 bits per heavy atom. The zero-order chi connectivity index (χ0) is 11.7. The van der Waals surface area contributed by atoms with Crippen molar-refractivity contribution in [2.45, 2.75) is 25.3 Å². The zero-order valence-corrected chi connectivity index (χ0v) is 10.7. The fourth-order valence-corrected chi connectivity index (χ4v) is 2.03. The van der Waals surface area contributed by atoms with Gasteiger partial charge in [0, 0.05) is 23.2 Å². The Morgan fingerprint density at radius 2 is 2.18 bits per heavy atom. The third kappa shape index (κ3) is 3.56. The van der Waals surface area contributed by atoms with Crippen molar-refractivity contribution in [3.8, 4) is 0 Å². The van der Waals surface area contributed by atoms with Gasteiger partial charge < -0.3 is 5.73 Å². The van der Waals surface area contributed by atoms with Crippen LogP contribution in [0.2, 0.25) is 5.02 Å². The molecule has 0 unspecified atom stereocenters. The van der Waals surface area contributed by atoms with Crippen molar-refractivity contribution in [3.05, 3.63) is 38.9 Å². The molecule has 0 saturated heterocycles. The number of halogens is 2. The van der Waals surface area contributed by atoms with E-state index in [2.05, 4.69) is 0 Å². The monoisotopic (exact) mass is 276 g/mol. The van der Waals surface area contributed by atoms with Gasteiger partial charge in [-0.25, -0.2) is 0 Å². The van der Waals surface area contributed by atoms with Gasteiger partial charge in [-0.1, -0.05) is 24.4 Å². The lowest BCUT2D eigenvalue weighted by Gasteiger charge is -2.12. The molecule has 1 saturated carbocycles. The van der Waals surface area contributed by atoms with Gasteiger partial charge in [0.05, 0.1) is 4.92 Å². The van der Waals surface area contributed by atoms with Crippen LogP contribution >= 0.6 is 24.0 Å². The molecular formula is C11H14Cl2N2O2. The molecule has 1 aliphatic rings. The molecule has 0 amide bonds. The van der Waals surface area contributed by atoms with Gasteiger partial charge in [0.25, 0.3) is 5.69 Å². The lowest BCUT2D eigenvalue weighted by Crippen LogP contribution is -2.11. The van der Waals surface area contributed by atoms with E-state index in [4.69, 9.17) is 17.3 Å². The minimum Gasteiger partial charge on any atom is -0.324 e. The summed E-state index contributed by atoms with van der Waals surface area (Å²) < 4.78 is 0. The largest absolute Gasteiger partial charge is 0.324 e. The van der Waals surface area contributed by atoms with Crippen LogP contribution in [0.3, 0.4) is 0 Å². The maximum Gasteiger partial charge on any atom is 0.269 e. The molecule has 0 radical (unpaired) electrons. The molecule has 0 aromatic heterocycles. The number of nitrogens with two attached hydrogens (primary N) is 1. The van der Waals surface area contributed by atoms with Crippen molar-refractivity contribution in [2.75, 3.05) is 0 Å². The van der Waals surface area contributed by atoms with Crippen molar-refractivity contribution >= 4 is 29.7 Å². The molecule has 1 fully saturated rings. The first kappa shape index (κ1) is 14.2. The number of hydrogen-bond acceptors (Lipinski definition) is 3. The highest BCUT2D eigenvalue weighted by molar-refractivity contribution is 6.31. The number of nitrogens with zero attached hydrogens (tertiary/aromatic N) is 1. The number of rotatable bonds is 4. The first-order chi connectivity index (χ1) is 7.58. The molecule has 0 heterocycles. The Kier molecular flexibility index (Phi) is 4.74. The van der Waals surface area contributed by atoms with Crippen LogP contribution in [0.15, 0.2) is 18.2 Å². The zero-order valence-electron chi connectivity index (χ0n) is 9.14. The quantitative estimate of drug-likeness (QED) is 0.676. The molecule has 0 bridgehead atoms. The summed E-state index contributed by atoms with van der Waals surface area (Å²) >= 11 is 6.00. The Bertz CT molecular complexity index is 422. The molecule has 2 N–H and O–H groups in total. The summed E-state index contributed by atoms with van der Waals surface area (Å²) in [6.07, 6.45) is 3.28. The summed E-state index contributed by atoms with van der Waals surface area (Å²) in [7, 11) is 0. The summed E-state index contributed by atoms with van der Waals surface area (Å²) in [5.41, 5.74) is 6.73. The summed E-state index contributed by atoms with van der Waals surface area (Å²) in [6.45, 7) is 0. The Balaban J connectivity index is 0.00000144. The van der Waals surface area contributed by atoms with Crippen molar-refractivity contribution in [1.29, 1.82) is 0 Å². The first-order valence-corrected chi connectivity index (χ1v) is 5.65. The van der Waals surface area contributed by atoms with E-state index in [1.54, 1.807) is 6.07 Å². The summed E-state index contributed by atoms with van der Waals surface area (Å²) in [6, 6.07) is 4.23. The molecule has 2 rings (SSSR count). The number of nitro benzene ring substituents is 1. The van der Waals surface area contributed by atoms with Crippen LogP contribution in [0.25, 0.3) is 0 Å². The van der Waals surface area contributed by atoms with E-state index < -0.39 is 4.92 Å². The molecule has 17 heavy (non-hydrogen) atoms. The van der Waals surface area contributed by atoms with Crippen LogP contribution < -0.4 is 5.73 Å². The fraction of sp³-hybridized carbons (Fsp3) is 0.455. The van der Waals surface area contributed by atoms with Gasteiger partial charge in [0.15, 0.2) is 0 Å². The molecule has 1 aliphatic carbocycles. The van der Waals surface area contributed by atoms with Gasteiger partial charge in [0.1, 0.15) is 0 Å². The molecular weight excluding hydrogens is 263 g/mol. The summed E-state index contributed by atoms with van der Waals surface area (Å²) in [4.78, 5) is 10.2. The number of nitro groups is 1. The molecule has 0 aliphatic heterocycles. The van der Waals surface area contributed by atoms with E-state index in [0.29, 0.717) is 16.5 Å². The van der Waals surface area contributed by atoms with Crippen molar-refractivity contribution in [3.63, 3.8) is 0 Å². The normalized spacial score (nSPS) is 16.1. The van der Waals surface area contributed by atoms with Crippen molar-refractivity contribution < 1.29 is 4.92 Å². The highest BCUT2D eigenvalue weighted by atomic mass is 35.5. The predicted octanol–water partition coefficient (Wildman–Crippen LogP) is 3.47. The topological polar surface area (TPSA) is 69.2 Å². The second-order valence-corrected chi connectivity index (χ2v) is 4.66. The molecule has 1 aromatic rings. The standard InChI is InChI=1S/C11H13ClN2O2.ClH/c12-10-4-3-8(14(15)16)6-9(10)11(13)5-7-1-2-7;/h3-4,6-7,11H,1-2,5,13H2;1H/t11-;/m0./s1. The van der Waals surface area contributed by atoms with Crippen LogP contribution in [-0.4, -0.2) is 4.92 Å². The van der Waals surface area contributed by atoms with Gasteiger partial charge in [-0.3, -0.25) is 10.1 Å². The molecule has 1 aromatic carbocycles. The minimum atomic E-state index is -0.427. The van der Waals surface area contributed by atoms with Crippen LogP contribution in [0.5, 0.6) is 0 Å². The Morgan fingerprint density at radius 1 is 1.53 bits per heavy atom. The lowest BCUT2D eigenvalue weighted by atomic mass is 10.0. The number of benzene rings is 1. The summed E-state index contributed by atoms with van der Waals surface area (Å²) in [5, 5.41) is 11.2. The fourth-order valence-electron chi connectivity index (χ4n) is 1.77. The smallest absolute Gasteiger partial charge is 0.269 e. The first-order valence-electron chi connectivity index (χ1n) is 5.27. The predicted molar refractivity (Wildman–Crippen MR) is 69.6 cm³/mol. The average Bonchev–Trinajstić information content (AvgIpc) is 3.01. The molecule has 0 spiro atoms. The van der Waals surface area contributed by atoms with E-state index in [0.717, 1.165) is 6.42 Å². The van der Waals surface area contributed by atoms with Gasteiger partial charge in [-0.15, -0.1) is 12.4 Å². The minimum absolute atomic E-state index is 0. The molecule has 1 atom stereocenters. The van der Waals surface area contributed by atoms with E-state index in [1.807, 2.05) is 0 Å². The maximum atomic E-state index is 10.6. The van der Waals surface area contributed by atoms with Gasteiger partial charge in [0.2, 0.25) is 0 Å². The highest BCUT2D eigenvalue weighted by Crippen LogP contribution is 2.38. The lowest BCUT2D eigenvalue weighted by molar-refractivity contribution is -0.384. The van der Waals surface area contributed by atoms with Gasteiger partial charge in [-0.05, 0) is 24.0 Å². The Labute approximate surface area is 111 Å². The summed E-state index contributed by atoms with van der Waals surface area (Å²) in [5.74, 6) is 0.672. The van der Waals surface area contributed by atoms with Crippen molar-refractivity contribution in [1.82, 2.24) is 0 Å². The molecule has 6 heteroatoms. The van der Waals surface area contributed by atoms with Crippen molar-refractivity contribution in [2.24, 2.45) is 11.7 Å². The molecule has 94 valence electrons. The number of non-ortho nitro benzene ring substituents is 1. The van der Waals surface area contributed by atoms with Crippen LogP contribution in [0.1, 0.15) is 30.9 Å².